The minimum atomic E-state index is -0.360. The van der Waals surface area contributed by atoms with Crippen LogP contribution in [-0.4, -0.2) is 74.8 Å². The standard InChI is InChI=1S/C17H24FN3O3/c1-23-15-3-2-13(10-14(15)18)12-20-5-7-21(8-6-20)17(22)16-11-19-4-9-24-16/h2-3,10,16,19H,4-9,11-12H2,1H3. The van der Waals surface area contributed by atoms with Crippen molar-refractivity contribution in [1.82, 2.24) is 15.1 Å². The molecule has 1 unspecified atom stereocenters. The number of nitrogens with zero attached hydrogens (tertiary/aromatic N) is 2. The van der Waals surface area contributed by atoms with Crippen LogP contribution in [0.1, 0.15) is 5.56 Å². The highest BCUT2D eigenvalue weighted by Crippen LogP contribution is 2.19. The van der Waals surface area contributed by atoms with Crippen LogP contribution in [-0.2, 0) is 16.1 Å². The number of methoxy groups -OCH3 is 1. The molecule has 1 amide bonds. The number of carbonyl (C=O) groups is 1. The minimum Gasteiger partial charge on any atom is -0.494 e. The summed E-state index contributed by atoms with van der Waals surface area (Å²) in [5.74, 6) is -0.0154. The quantitative estimate of drug-likeness (QED) is 0.865. The summed E-state index contributed by atoms with van der Waals surface area (Å²) in [6.45, 7) is 5.55. The molecule has 0 aliphatic carbocycles. The molecule has 1 atom stereocenters. The zero-order valence-corrected chi connectivity index (χ0v) is 14.0. The summed E-state index contributed by atoms with van der Waals surface area (Å²) in [6.07, 6.45) is -0.360. The van der Waals surface area contributed by atoms with Crippen molar-refractivity contribution in [1.29, 1.82) is 0 Å². The van der Waals surface area contributed by atoms with Gasteiger partial charge < -0.3 is 19.7 Å². The maximum atomic E-state index is 13.8. The van der Waals surface area contributed by atoms with Gasteiger partial charge in [-0.1, -0.05) is 6.07 Å². The fourth-order valence-electron chi connectivity index (χ4n) is 3.12. The molecule has 2 heterocycles. The average Bonchev–Trinajstić information content (AvgIpc) is 2.63. The van der Waals surface area contributed by atoms with Crippen molar-refractivity contribution in [3.05, 3.63) is 29.6 Å². The van der Waals surface area contributed by atoms with Gasteiger partial charge in [0.15, 0.2) is 11.6 Å². The topological polar surface area (TPSA) is 54.0 Å². The summed E-state index contributed by atoms with van der Waals surface area (Å²) in [5, 5.41) is 3.18. The number of amides is 1. The van der Waals surface area contributed by atoms with Crippen molar-refractivity contribution in [2.75, 3.05) is 53.0 Å². The molecule has 0 aromatic heterocycles. The lowest BCUT2D eigenvalue weighted by atomic mass is 10.1. The Labute approximate surface area is 141 Å². The van der Waals surface area contributed by atoms with Gasteiger partial charge in [0.05, 0.1) is 13.7 Å². The van der Waals surface area contributed by atoms with Crippen LogP contribution in [0.15, 0.2) is 18.2 Å². The second-order valence-corrected chi connectivity index (χ2v) is 6.13. The maximum Gasteiger partial charge on any atom is 0.253 e. The molecular formula is C17H24FN3O3. The Kier molecular flexibility index (Phi) is 5.65. The summed E-state index contributed by atoms with van der Waals surface area (Å²) < 4.78 is 24.2. The first-order valence-corrected chi connectivity index (χ1v) is 8.33. The van der Waals surface area contributed by atoms with Gasteiger partial charge >= 0.3 is 0 Å². The normalized spacial score (nSPS) is 22.4. The molecule has 2 aliphatic rings. The second kappa shape index (κ2) is 7.92. The Balaban J connectivity index is 1.49. The highest BCUT2D eigenvalue weighted by Gasteiger charge is 2.29. The molecule has 1 N–H and O–H groups in total. The Morgan fingerprint density at radius 2 is 2.17 bits per heavy atom. The van der Waals surface area contributed by atoms with E-state index in [1.165, 1.54) is 13.2 Å². The molecule has 2 saturated heterocycles. The zero-order valence-electron chi connectivity index (χ0n) is 14.0. The summed E-state index contributed by atoms with van der Waals surface area (Å²) in [4.78, 5) is 16.5. The Hall–Kier alpha value is -1.70. The van der Waals surface area contributed by atoms with Gasteiger partial charge in [-0.2, -0.15) is 0 Å². The third kappa shape index (κ3) is 4.03. The molecule has 1 aromatic carbocycles. The fourth-order valence-corrected chi connectivity index (χ4v) is 3.12. The number of morpholine rings is 1. The molecule has 2 fully saturated rings. The number of halogens is 1. The van der Waals surface area contributed by atoms with E-state index >= 15 is 0 Å². The van der Waals surface area contributed by atoms with E-state index in [9.17, 15) is 9.18 Å². The second-order valence-electron chi connectivity index (χ2n) is 6.13. The van der Waals surface area contributed by atoms with E-state index in [1.54, 1.807) is 6.07 Å². The van der Waals surface area contributed by atoms with Gasteiger partial charge in [-0.15, -0.1) is 0 Å². The van der Waals surface area contributed by atoms with Crippen molar-refractivity contribution in [3.8, 4) is 5.75 Å². The molecule has 2 aliphatic heterocycles. The summed E-state index contributed by atoms with van der Waals surface area (Å²) >= 11 is 0. The van der Waals surface area contributed by atoms with Crippen LogP contribution in [0.3, 0.4) is 0 Å². The van der Waals surface area contributed by atoms with E-state index in [-0.39, 0.29) is 23.6 Å². The van der Waals surface area contributed by atoms with Crippen LogP contribution < -0.4 is 10.1 Å². The van der Waals surface area contributed by atoms with Gasteiger partial charge in [-0.25, -0.2) is 4.39 Å². The highest BCUT2D eigenvalue weighted by molar-refractivity contribution is 5.81. The minimum absolute atomic E-state index is 0.0670. The van der Waals surface area contributed by atoms with Gasteiger partial charge in [0.1, 0.15) is 6.10 Å². The Bertz CT molecular complexity index is 570. The third-order valence-corrected chi connectivity index (χ3v) is 4.51. The van der Waals surface area contributed by atoms with Crippen molar-refractivity contribution >= 4 is 5.91 Å². The predicted molar refractivity (Wildman–Crippen MR) is 87.4 cm³/mol. The van der Waals surface area contributed by atoms with Crippen LogP contribution in [0.2, 0.25) is 0 Å². The largest absolute Gasteiger partial charge is 0.494 e. The number of carbonyl (C=O) groups excluding carboxylic acids is 1. The van der Waals surface area contributed by atoms with Gasteiger partial charge in [0.25, 0.3) is 5.91 Å². The number of hydrogen-bond acceptors (Lipinski definition) is 5. The smallest absolute Gasteiger partial charge is 0.253 e. The lowest BCUT2D eigenvalue weighted by Gasteiger charge is -2.37. The summed E-state index contributed by atoms with van der Waals surface area (Å²) in [7, 11) is 1.46. The summed E-state index contributed by atoms with van der Waals surface area (Å²) in [5.41, 5.74) is 0.910. The molecule has 132 valence electrons. The first-order chi connectivity index (χ1) is 11.7. The number of ether oxygens (including phenoxy) is 2. The van der Waals surface area contributed by atoms with Crippen LogP contribution in [0.4, 0.5) is 4.39 Å². The van der Waals surface area contributed by atoms with Crippen LogP contribution in [0.5, 0.6) is 5.75 Å². The van der Waals surface area contributed by atoms with Gasteiger partial charge in [0, 0.05) is 45.8 Å². The Morgan fingerprint density at radius 3 is 2.79 bits per heavy atom. The zero-order chi connectivity index (χ0) is 16.9. The average molecular weight is 337 g/mol. The van der Waals surface area contributed by atoms with E-state index < -0.39 is 0 Å². The third-order valence-electron chi connectivity index (χ3n) is 4.51. The Morgan fingerprint density at radius 1 is 1.38 bits per heavy atom. The molecule has 24 heavy (non-hydrogen) atoms. The predicted octanol–water partition coefficient (Wildman–Crippen LogP) is 0.467. The lowest BCUT2D eigenvalue weighted by molar-refractivity contribution is -0.147. The van der Waals surface area contributed by atoms with E-state index in [4.69, 9.17) is 9.47 Å². The van der Waals surface area contributed by atoms with Crippen molar-refractivity contribution in [3.63, 3.8) is 0 Å². The number of hydrogen-bond donors (Lipinski definition) is 1. The monoisotopic (exact) mass is 337 g/mol. The first-order valence-electron chi connectivity index (χ1n) is 8.33. The molecule has 0 saturated carbocycles. The van der Waals surface area contributed by atoms with Crippen molar-refractivity contribution < 1.29 is 18.7 Å². The van der Waals surface area contributed by atoms with E-state index in [0.717, 1.165) is 25.2 Å². The number of piperazine rings is 1. The van der Waals surface area contributed by atoms with Crippen LogP contribution in [0, 0.1) is 5.82 Å². The van der Waals surface area contributed by atoms with Crippen molar-refractivity contribution in [2.45, 2.75) is 12.6 Å². The first kappa shape index (κ1) is 17.1. The van der Waals surface area contributed by atoms with E-state index in [1.807, 2.05) is 11.0 Å². The lowest BCUT2D eigenvalue weighted by Crippen LogP contribution is -2.54. The summed E-state index contributed by atoms with van der Waals surface area (Å²) in [6, 6.07) is 5.04. The molecule has 3 rings (SSSR count). The van der Waals surface area contributed by atoms with Gasteiger partial charge in [0.2, 0.25) is 0 Å². The van der Waals surface area contributed by atoms with Crippen LogP contribution in [0.25, 0.3) is 0 Å². The number of benzene rings is 1. The molecule has 7 heteroatoms. The number of nitrogens with one attached hydrogen (secondary N) is 1. The molecule has 1 aromatic rings. The maximum absolute atomic E-state index is 13.8. The van der Waals surface area contributed by atoms with E-state index in [2.05, 4.69) is 10.2 Å². The highest BCUT2D eigenvalue weighted by atomic mass is 19.1. The van der Waals surface area contributed by atoms with Gasteiger partial charge in [-0.05, 0) is 17.7 Å². The van der Waals surface area contributed by atoms with Gasteiger partial charge in [-0.3, -0.25) is 9.69 Å². The molecule has 0 bridgehead atoms. The molecular weight excluding hydrogens is 313 g/mol. The number of rotatable bonds is 4. The van der Waals surface area contributed by atoms with Crippen LogP contribution >= 0.6 is 0 Å². The molecule has 0 radical (unpaired) electrons. The van der Waals surface area contributed by atoms with Crippen molar-refractivity contribution in [2.24, 2.45) is 0 Å². The molecule has 0 spiro atoms. The molecule has 6 nitrogen and oxygen atoms in total. The SMILES string of the molecule is COc1ccc(CN2CCN(C(=O)C3CNCCO3)CC2)cc1F. The fraction of sp³-hybridized carbons (Fsp3) is 0.588. The van der Waals surface area contributed by atoms with E-state index in [0.29, 0.717) is 32.8 Å².